The van der Waals surface area contributed by atoms with Crippen molar-refractivity contribution in [3.05, 3.63) is 77.1 Å². The first kappa shape index (κ1) is 18.6. The molecular formula is C24H24N4O2. The Morgan fingerprint density at radius 3 is 1.90 bits per heavy atom. The van der Waals surface area contributed by atoms with Crippen LogP contribution in [0.3, 0.4) is 0 Å². The van der Waals surface area contributed by atoms with Crippen LogP contribution >= 0.6 is 0 Å². The summed E-state index contributed by atoms with van der Waals surface area (Å²) in [6.45, 7) is 4.07. The van der Waals surface area contributed by atoms with Crippen molar-refractivity contribution < 1.29 is 9.59 Å². The van der Waals surface area contributed by atoms with Gasteiger partial charge in [-0.1, -0.05) is 36.4 Å². The summed E-state index contributed by atoms with van der Waals surface area (Å²) in [5, 5.41) is 4.41. The molecule has 2 aromatic carbocycles. The van der Waals surface area contributed by atoms with Gasteiger partial charge >= 0.3 is 0 Å². The molecule has 152 valence electrons. The molecule has 3 heterocycles. The van der Waals surface area contributed by atoms with Gasteiger partial charge in [0, 0.05) is 36.7 Å². The maximum Gasteiger partial charge on any atom is 0.279 e. The summed E-state index contributed by atoms with van der Waals surface area (Å²) >= 11 is 0. The van der Waals surface area contributed by atoms with Gasteiger partial charge in [0.05, 0.1) is 5.56 Å². The molecule has 3 aromatic rings. The highest BCUT2D eigenvalue weighted by Crippen LogP contribution is 2.35. The fourth-order valence-electron chi connectivity index (χ4n) is 4.80. The molecule has 0 fully saturated rings. The lowest BCUT2D eigenvalue weighted by molar-refractivity contribution is 0.0946. The quantitative estimate of drug-likeness (QED) is 0.660. The molecule has 6 nitrogen and oxygen atoms in total. The summed E-state index contributed by atoms with van der Waals surface area (Å²) in [6.07, 6.45) is 3.27. The highest BCUT2D eigenvalue weighted by Gasteiger charge is 2.38. The van der Waals surface area contributed by atoms with Crippen LogP contribution in [-0.4, -0.2) is 33.7 Å². The maximum atomic E-state index is 13.6. The second-order valence-corrected chi connectivity index (χ2v) is 8.28. The summed E-state index contributed by atoms with van der Waals surface area (Å²) in [7, 11) is 1.75. The smallest absolute Gasteiger partial charge is 0.279 e. The van der Waals surface area contributed by atoms with Crippen molar-refractivity contribution >= 4 is 23.2 Å². The molecule has 2 amide bonds. The highest BCUT2D eigenvalue weighted by molar-refractivity contribution is 6.17. The van der Waals surface area contributed by atoms with Gasteiger partial charge in [-0.25, -0.2) is 0 Å². The van der Waals surface area contributed by atoms with E-state index in [4.69, 9.17) is 0 Å². The van der Waals surface area contributed by atoms with E-state index in [1.54, 1.807) is 27.7 Å². The van der Waals surface area contributed by atoms with Gasteiger partial charge in [0.15, 0.2) is 5.69 Å². The first-order chi connectivity index (χ1) is 14.5. The number of rotatable bonds is 2. The topological polar surface area (TPSA) is 58.4 Å². The number of aromatic nitrogens is 2. The van der Waals surface area contributed by atoms with Gasteiger partial charge in [-0.3, -0.25) is 14.3 Å². The van der Waals surface area contributed by atoms with Crippen molar-refractivity contribution in [2.24, 2.45) is 7.05 Å². The maximum absolute atomic E-state index is 13.6. The van der Waals surface area contributed by atoms with E-state index in [0.717, 1.165) is 35.3 Å². The average Bonchev–Trinajstić information content (AvgIpc) is 3.38. The van der Waals surface area contributed by atoms with Crippen LogP contribution in [0.1, 0.15) is 45.8 Å². The van der Waals surface area contributed by atoms with E-state index in [-0.39, 0.29) is 29.6 Å². The number of hydrogen-bond acceptors (Lipinski definition) is 3. The molecule has 0 unspecified atom stereocenters. The number of fused-ring (bicyclic) bond motifs is 2. The predicted octanol–water partition coefficient (Wildman–Crippen LogP) is 3.60. The van der Waals surface area contributed by atoms with E-state index in [9.17, 15) is 9.59 Å². The normalized spacial score (nSPS) is 19.7. The Kier molecular flexibility index (Phi) is 4.24. The standard InChI is InChI=1S/C24H24N4O2/c1-15-12-17-8-4-6-10-20(17)27(15)23(29)19-14-26(3)25-22(19)24(30)28-16(2)13-18-9-5-7-11-21(18)28/h4-11,14-16H,12-13H2,1-3H3/t15-,16+/m1/s1. The molecular weight excluding hydrogens is 376 g/mol. The molecule has 0 N–H and O–H groups in total. The van der Waals surface area contributed by atoms with Gasteiger partial charge < -0.3 is 9.80 Å². The molecule has 0 bridgehead atoms. The fraction of sp³-hybridized carbons (Fsp3) is 0.292. The van der Waals surface area contributed by atoms with Crippen molar-refractivity contribution in [1.29, 1.82) is 0 Å². The minimum Gasteiger partial charge on any atom is -0.305 e. The lowest BCUT2D eigenvalue weighted by Gasteiger charge is -2.24. The Bertz CT molecular complexity index is 1080. The lowest BCUT2D eigenvalue weighted by atomic mass is 10.1. The van der Waals surface area contributed by atoms with Gasteiger partial charge in [0.2, 0.25) is 0 Å². The summed E-state index contributed by atoms with van der Waals surface area (Å²) in [6, 6.07) is 15.9. The van der Waals surface area contributed by atoms with E-state index in [0.29, 0.717) is 5.56 Å². The molecule has 5 rings (SSSR count). The Balaban J connectivity index is 1.54. The lowest BCUT2D eigenvalue weighted by Crippen LogP contribution is -2.39. The molecule has 0 radical (unpaired) electrons. The highest BCUT2D eigenvalue weighted by atomic mass is 16.2. The molecule has 0 saturated carbocycles. The monoisotopic (exact) mass is 400 g/mol. The number of nitrogens with zero attached hydrogens (tertiary/aromatic N) is 4. The Labute approximate surface area is 175 Å². The largest absolute Gasteiger partial charge is 0.305 e. The van der Waals surface area contributed by atoms with Crippen LogP contribution in [0.25, 0.3) is 0 Å². The molecule has 2 aliphatic heterocycles. The van der Waals surface area contributed by atoms with Crippen molar-refractivity contribution in [2.45, 2.75) is 38.8 Å². The second kappa shape index (κ2) is 6.83. The first-order valence-corrected chi connectivity index (χ1v) is 10.3. The third kappa shape index (κ3) is 2.75. The number of carbonyl (C=O) groups excluding carboxylic acids is 2. The number of benzene rings is 2. The van der Waals surface area contributed by atoms with Crippen molar-refractivity contribution in [2.75, 3.05) is 9.80 Å². The zero-order valence-corrected chi connectivity index (χ0v) is 17.4. The molecule has 6 heteroatoms. The minimum atomic E-state index is -0.225. The summed E-state index contributed by atoms with van der Waals surface area (Å²) in [5.74, 6) is -0.402. The van der Waals surface area contributed by atoms with Gasteiger partial charge in [-0.05, 0) is 49.9 Å². The molecule has 2 atom stereocenters. The molecule has 2 aliphatic rings. The van der Waals surface area contributed by atoms with Crippen LogP contribution in [0.4, 0.5) is 11.4 Å². The van der Waals surface area contributed by atoms with Crippen molar-refractivity contribution in [1.82, 2.24) is 9.78 Å². The predicted molar refractivity (Wildman–Crippen MR) is 116 cm³/mol. The summed E-state index contributed by atoms with van der Waals surface area (Å²) in [5.41, 5.74) is 4.67. The molecule has 1 aromatic heterocycles. The zero-order chi connectivity index (χ0) is 21.0. The number of para-hydroxylation sites is 2. The number of amides is 2. The van der Waals surface area contributed by atoms with Crippen LogP contribution in [0.5, 0.6) is 0 Å². The number of hydrogen-bond donors (Lipinski definition) is 0. The summed E-state index contributed by atoms with van der Waals surface area (Å²) < 4.78 is 1.56. The van der Waals surface area contributed by atoms with E-state index >= 15 is 0 Å². The number of aryl methyl sites for hydroxylation is 1. The minimum absolute atomic E-state index is 0.0197. The SMILES string of the molecule is C[C@@H]1Cc2ccccc2N1C(=O)c1cn(C)nc1C(=O)N1c2ccccc2C[C@@H]1C. The van der Waals surface area contributed by atoms with Gasteiger partial charge in [-0.15, -0.1) is 0 Å². The Morgan fingerprint density at radius 2 is 1.33 bits per heavy atom. The fourth-order valence-corrected chi connectivity index (χ4v) is 4.80. The van der Waals surface area contributed by atoms with Crippen LogP contribution in [0.15, 0.2) is 54.7 Å². The van der Waals surface area contributed by atoms with Crippen LogP contribution < -0.4 is 9.80 Å². The second-order valence-electron chi connectivity index (χ2n) is 8.28. The molecule has 0 aliphatic carbocycles. The van der Waals surface area contributed by atoms with E-state index in [1.807, 2.05) is 56.3 Å². The van der Waals surface area contributed by atoms with Crippen LogP contribution in [-0.2, 0) is 19.9 Å². The molecule has 0 spiro atoms. The third-order valence-corrected chi connectivity index (χ3v) is 6.11. The van der Waals surface area contributed by atoms with Gasteiger partial charge in [0.25, 0.3) is 11.8 Å². The Hall–Kier alpha value is -3.41. The zero-order valence-electron chi connectivity index (χ0n) is 17.4. The van der Waals surface area contributed by atoms with Crippen LogP contribution in [0.2, 0.25) is 0 Å². The van der Waals surface area contributed by atoms with Gasteiger partial charge in [0.1, 0.15) is 0 Å². The number of anilines is 2. The van der Waals surface area contributed by atoms with Crippen LogP contribution in [0, 0.1) is 0 Å². The Morgan fingerprint density at radius 1 is 0.833 bits per heavy atom. The average molecular weight is 400 g/mol. The first-order valence-electron chi connectivity index (χ1n) is 10.3. The molecule has 0 saturated heterocycles. The molecule has 30 heavy (non-hydrogen) atoms. The third-order valence-electron chi connectivity index (χ3n) is 6.11. The van der Waals surface area contributed by atoms with Crippen molar-refractivity contribution in [3.63, 3.8) is 0 Å². The number of carbonyl (C=O) groups is 2. The summed E-state index contributed by atoms with van der Waals surface area (Å²) in [4.78, 5) is 30.8. The van der Waals surface area contributed by atoms with Crippen molar-refractivity contribution in [3.8, 4) is 0 Å². The van der Waals surface area contributed by atoms with Gasteiger partial charge in [-0.2, -0.15) is 5.10 Å². The van der Waals surface area contributed by atoms with E-state index in [1.165, 1.54) is 0 Å². The van der Waals surface area contributed by atoms with E-state index in [2.05, 4.69) is 11.2 Å². The van der Waals surface area contributed by atoms with E-state index < -0.39 is 0 Å².